The van der Waals surface area contributed by atoms with Crippen molar-refractivity contribution in [2.24, 2.45) is 0 Å². The Morgan fingerprint density at radius 2 is 1.89 bits per heavy atom. The third kappa shape index (κ3) is 4.02. The molecule has 0 amide bonds. The maximum Gasteiger partial charge on any atom is 0.333 e. The van der Waals surface area contributed by atoms with Crippen molar-refractivity contribution in [3.63, 3.8) is 0 Å². The summed E-state index contributed by atoms with van der Waals surface area (Å²) in [4.78, 5) is 11.3. The molecule has 0 aliphatic rings. The van der Waals surface area contributed by atoms with Gasteiger partial charge in [-0.1, -0.05) is 51.6 Å². The summed E-state index contributed by atoms with van der Waals surface area (Å²) in [5.41, 5.74) is 3.09. The summed E-state index contributed by atoms with van der Waals surface area (Å²) in [6.07, 6.45) is 0.743. The lowest BCUT2D eigenvalue weighted by Crippen LogP contribution is -2.16. The van der Waals surface area contributed by atoms with Gasteiger partial charge in [0.25, 0.3) is 0 Å². The van der Waals surface area contributed by atoms with Crippen molar-refractivity contribution in [2.45, 2.75) is 39.5 Å². The van der Waals surface area contributed by atoms with Gasteiger partial charge in [0.05, 0.1) is 6.61 Å². The van der Waals surface area contributed by atoms with E-state index in [-0.39, 0.29) is 11.4 Å². The van der Waals surface area contributed by atoms with Crippen molar-refractivity contribution >= 4 is 5.97 Å². The van der Waals surface area contributed by atoms with Crippen LogP contribution in [0.4, 0.5) is 0 Å². The molecule has 0 spiro atoms. The second-order valence-corrected chi connectivity index (χ2v) is 5.57. The predicted octanol–water partition coefficient (Wildman–Crippen LogP) is 3.65. The number of benzene rings is 1. The first-order valence-electron chi connectivity index (χ1n) is 6.23. The maximum absolute atomic E-state index is 11.3. The van der Waals surface area contributed by atoms with Gasteiger partial charge in [-0.2, -0.15) is 0 Å². The smallest absolute Gasteiger partial charge is 0.333 e. The molecule has 0 unspecified atom stereocenters. The quantitative estimate of drug-likeness (QED) is 0.599. The van der Waals surface area contributed by atoms with Gasteiger partial charge in [-0.15, -0.1) is 0 Å². The van der Waals surface area contributed by atoms with Crippen molar-refractivity contribution in [1.29, 1.82) is 0 Å². The first-order valence-corrected chi connectivity index (χ1v) is 6.23. The molecule has 98 valence electrons. The lowest BCUT2D eigenvalue weighted by atomic mass is 9.83. The molecular formula is C16H22O2. The zero-order valence-corrected chi connectivity index (χ0v) is 11.7. The van der Waals surface area contributed by atoms with E-state index in [1.165, 1.54) is 11.1 Å². The van der Waals surface area contributed by atoms with Crippen molar-refractivity contribution in [3.05, 3.63) is 47.5 Å². The van der Waals surface area contributed by atoms with Crippen LogP contribution in [0.25, 0.3) is 0 Å². The van der Waals surface area contributed by atoms with Gasteiger partial charge in [-0.05, 0) is 23.5 Å². The van der Waals surface area contributed by atoms with Crippen molar-refractivity contribution in [1.82, 2.24) is 0 Å². The zero-order chi connectivity index (χ0) is 13.8. The molecular weight excluding hydrogens is 224 g/mol. The number of hydrogen-bond acceptors (Lipinski definition) is 2. The Morgan fingerprint density at radius 3 is 2.44 bits per heavy atom. The molecule has 0 saturated heterocycles. The van der Waals surface area contributed by atoms with E-state index in [0.717, 1.165) is 6.42 Å². The Kier molecular flexibility index (Phi) is 4.71. The summed E-state index contributed by atoms with van der Waals surface area (Å²) < 4.78 is 5.14. The van der Waals surface area contributed by atoms with Crippen LogP contribution in [0.3, 0.4) is 0 Å². The third-order valence-electron chi connectivity index (χ3n) is 2.78. The van der Waals surface area contributed by atoms with Crippen molar-refractivity contribution < 1.29 is 9.53 Å². The fraction of sp³-hybridized carbons (Fsp3) is 0.438. The van der Waals surface area contributed by atoms with E-state index in [2.05, 4.69) is 39.5 Å². The Hall–Kier alpha value is -1.57. The SMILES string of the molecule is C=C(C)C(=O)OCCc1ccccc1C(C)(C)C. The highest BCUT2D eigenvalue weighted by atomic mass is 16.5. The van der Waals surface area contributed by atoms with Gasteiger partial charge in [0, 0.05) is 12.0 Å². The number of esters is 1. The molecule has 1 aromatic rings. The van der Waals surface area contributed by atoms with E-state index in [4.69, 9.17) is 4.74 Å². The van der Waals surface area contributed by atoms with Gasteiger partial charge in [-0.3, -0.25) is 0 Å². The topological polar surface area (TPSA) is 26.3 Å². The highest BCUT2D eigenvalue weighted by Crippen LogP contribution is 2.25. The molecule has 18 heavy (non-hydrogen) atoms. The molecule has 0 aromatic heterocycles. The second kappa shape index (κ2) is 5.85. The van der Waals surface area contributed by atoms with Crippen LogP contribution in [0, 0.1) is 0 Å². The molecule has 1 rings (SSSR count). The molecule has 0 aliphatic heterocycles. The van der Waals surface area contributed by atoms with Crippen molar-refractivity contribution in [2.75, 3.05) is 6.61 Å². The molecule has 1 aromatic carbocycles. The second-order valence-electron chi connectivity index (χ2n) is 5.57. The molecule has 0 aliphatic carbocycles. The van der Waals surface area contributed by atoms with E-state index in [0.29, 0.717) is 12.2 Å². The van der Waals surface area contributed by atoms with Crippen LogP contribution in [-0.4, -0.2) is 12.6 Å². The van der Waals surface area contributed by atoms with E-state index < -0.39 is 0 Å². The highest BCUT2D eigenvalue weighted by molar-refractivity contribution is 5.86. The Bertz CT molecular complexity index is 439. The summed E-state index contributed by atoms with van der Waals surface area (Å²) in [7, 11) is 0. The summed E-state index contributed by atoms with van der Waals surface area (Å²) in [5, 5.41) is 0. The van der Waals surface area contributed by atoms with Gasteiger partial charge in [0.15, 0.2) is 0 Å². The Balaban J connectivity index is 2.68. The molecule has 0 atom stereocenters. The maximum atomic E-state index is 11.3. The summed E-state index contributed by atoms with van der Waals surface area (Å²) in [6, 6.07) is 8.29. The van der Waals surface area contributed by atoms with Crippen LogP contribution in [-0.2, 0) is 21.4 Å². The van der Waals surface area contributed by atoms with E-state index >= 15 is 0 Å². The highest BCUT2D eigenvalue weighted by Gasteiger charge is 2.17. The average molecular weight is 246 g/mol. The van der Waals surface area contributed by atoms with Gasteiger partial charge in [0.1, 0.15) is 0 Å². The molecule has 2 heteroatoms. The number of hydrogen-bond donors (Lipinski definition) is 0. The summed E-state index contributed by atoms with van der Waals surface area (Å²) in [5.74, 6) is -0.316. The lowest BCUT2D eigenvalue weighted by Gasteiger charge is -2.22. The van der Waals surface area contributed by atoms with Gasteiger partial charge >= 0.3 is 5.97 Å². The fourth-order valence-electron chi connectivity index (χ4n) is 1.85. The molecule has 0 radical (unpaired) electrons. The fourth-order valence-corrected chi connectivity index (χ4v) is 1.85. The van der Waals surface area contributed by atoms with Crippen molar-refractivity contribution in [3.8, 4) is 0 Å². The van der Waals surface area contributed by atoms with E-state index in [1.54, 1.807) is 6.92 Å². The zero-order valence-electron chi connectivity index (χ0n) is 11.7. The normalized spacial score (nSPS) is 11.1. The molecule has 0 bridgehead atoms. The van der Waals surface area contributed by atoms with E-state index in [9.17, 15) is 4.79 Å². The number of carbonyl (C=O) groups excluding carboxylic acids is 1. The minimum atomic E-state index is -0.316. The van der Waals surface area contributed by atoms with Crippen LogP contribution in [0.2, 0.25) is 0 Å². The Labute approximate surface area is 110 Å². The first-order chi connectivity index (χ1) is 8.32. The van der Waals surface area contributed by atoms with Gasteiger partial charge in [0.2, 0.25) is 0 Å². The summed E-state index contributed by atoms with van der Waals surface area (Å²) in [6.45, 7) is 12.2. The lowest BCUT2D eigenvalue weighted by molar-refractivity contribution is -0.138. The van der Waals surface area contributed by atoms with Crippen LogP contribution in [0.1, 0.15) is 38.8 Å². The molecule has 2 nitrogen and oxygen atoms in total. The van der Waals surface area contributed by atoms with Crippen LogP contribution >= 0.6 is 0 Å². The van der Waals surface area contributed by atoms with Crippen LogP contribution < -0.4 is 0 Å². The molecule has 0 saturated carbocycles. The number of ether oxygens (including phenoxy) is 1. The van der Waals surface area contributed by atoms with E-state index in [1.807, 2.05) is 12.1 Å². The molecule has 0 N–H and O–H groups in total. The first kappa shape index (κ1) is 14.5. The predicted molar refractivity (Wildman–Crippen MR) is 74.6 cm³/mol. The number of rotatable bonds is 4. The van der Waals surface area contributed by atoms with Crippen LogP contribution in [0.5, 0.6) is 0 Å². The largest absolute Gasteiger partial charge is 0.462 e. The van der Waals surface area contributed by atoms with Gasteiger partial charge < -0.3 is 4.74 Å². The molecule has 0 heterocycles. The average Bonchev–Trinajstić information content (AvgIpc) is 2.28. The van der Waals surface area contributed by atoms with Crippen LogP contribution in [0.15, 0.2) is 36.4 Å². The monoisotopic (exact) mass is 246 g/mol. The number of carbonyl (C=O) groups is 1. The Morgan fingerprint density at radius 1 is 1.28 bits per heavy atom. The standard InChI is InChI=1S/C16H22O2/c1-12(2)15(17)18-11-10-13-8-6-7-9-14(13)16(3,4)5/h6-9H,1,10-11H2,2-5H3. The minimum Gasteiger partial charge on any atom is -0.462 e. The third-order valence-corrected chi connectivity index (χ3v) is 2.78. The van der Waals surface area contributed by atoms with Gasteiger partial charge in [-0.25, -0.2) is 4.79 Å². The molecule has 0 fully saturated rings. The summed E-state index contributed by atoms with van der Waals surface area (Å²) >= 11 is 0. The minimum absolute atomic E-state index is 0.106.